The van der Waals surface area contributed by atoms with Gasteiger partial charge < -0.3 is 5.73 Å². The minimum Gasteiger partial charge on any atom is -0.375 e. The average molecular weight is 313 g/mol. The first-order chi connectivity index (χ1) is 8.04. The number of nitrogens with zero attached hydrogens (tertiary/aromatic N) is 1. The first kappa shape index (κ1) is 14.1. The molecule has 5 heteroatoms. The fraction of sp³-hybridized carbons (Fsp3) is 0.250. The van der Waals surface area contributed by atoms with Gasteiger partial charge in [0.1, 0.15) is 0 Å². The van der Waals surface area contributed by atoms with Gasteiger partial charge in [-0.25, -0.2) is 0 Å². The number of benzene rings is 1. The monoisotopic (exact) mass is 312 g/mol. The van der Waals surface area contributed by atoms with E-state index in [1.807, 2.05) is 31.2 Å². The Balaban J connectivity index is 3.06. The Labute approximate surface area is 116 Å². The van der Waals surface area contributed by atoms with Crippen LogP contribution in [-0.2, 0) is 0 Å². The Kier molecular flexibility index (Phi) is 5.58. The predicted molar refractivity (Wildman–Crippen MR) is 79.8 cm³/mol. The highest BCUT2D eigenvalue weighted by Gasteiger charge is 2.12. The van der Waals surface area contributed by atoms with E-state index in [2.05, 4.69) is 33.4 Å². The quantitative estimate of drug-likeness (QED) is 0.510. The molecule has 0 heterocycles. The van der Waals surface area contributed by atoms with Crippen LogP contribution in [0, 0.1) is 5.92 Å². The lowest BCUT2D eigenvalue weighted by Gasteiger charge is -2.13. The number of halogens is 1. The molecule has 0 saturated heterocycles. The summed E-state index contributed by atoms with van der Waals surface area (Å²) in [5.41, 5.74) is 9.93. The Morgan fingerprint density at radius 2 is 2.24 bits per heavy atom. The molecule has 0 amide bonds. The number of nitrogens with one attached hydrogen (secondary N) is 1. The number of nitrogens with two attached hydrogens (primary N) is 1. The van der Waals surface area contributed by atoms with Crippen molar-refractivity contribution in [3.63, 3.8) is 0 Å². The van der Waals surface area contributed by atoms with Gasteiger partial charge in [0.05, 0.1) is 5.71 Å². The van der Waals surface area contributed by atoms with Crippen molar-refractivity contribution in [3.8, 4) is 0 Å². The van der Waals surface area contributed by atoms with Gasteiger partial charge in [-0.2, -0.15) is 5.10 Å². The molecule has 0 aliphatic rings. The Morgan fingerprint density at radius 3 is 2.76 bits per heavy atom. The minimum atomic E-state index is 0.168. The second-order valence-electron chi connectivity index (χ2n) is 3.58. The summed E-state index contributed by atoms with van der Waals surface area (Å²) < 4.78 is 1.02. The Morgan fingerprint density at radius 1 is 1.53 bits per heavy atom. The van der Waals surface area contributed by atoms with Crippen LogP contribution in [0.15, 0.2) is 33.8 Å². The van der Waals surface area contributed by atoms with E-state index in [4.69, 9.17) is 18.0 Å². The van der Waals surface area contributed by atoms with Gasteiger partial charge in [0, 0.05) is 10.4 Å². The van der Waals surface area contributed by atoms with Crippen LogP contribution in [0.25, 0.3) is 0 Å². The highest BCUT2D eigenvalue weighted by molar-refractivity contribution is 9.10. The van der Waals surface area contributed by atoms with Gasteiger partial charge in [0.15, 0.2) is 5.11 Å². The molecule has 0 fully saturated rings. The molecule has 0 atom stereocenters. The van der Waals surface area contributed by atoms with Crippen molar-refractivity contribution in [1.29, 1.82) is 0 Å². The van der Waals surface area contributed by atoms with Gasteiger partial charge in [0.25, 0.3) is 0 Å². The topological polar surface area (TPSA) is 50.4 Å². The number of hydrogen-bond donors (Lipinski definition) is 2. The maximum atomic E-state index is 5.39. The fourth-order valence-corrected chi connectivity index (χ4v) is 1.77. The summed E-state index contributed by atoms with van der Waals surface area (Å²) in [6.07, 6.45) is 0.921. The molecule has 3 N–H and O–H groups in total. The van der Waals surface area contributed by atoms with Gasteiger partial charge in [-0.15, -0.1) is 0 Å². The van der Waals surface area contributed by atoms with Crippen molar-refractivity contribution in [2.45, 2.75) is 20.3 Å². The third-order valence-corrected chi connectivity index (χ3v) is 2.90. The molecule has 1 rings (SSSR count). The molecule has 91 valence electrons. The Bertz CT molecular complexity index is 432. The molecule has 1 radical (unpaired) electrons. The SMILES string of the molecule is CC[C](C)C(=NNC(N)=S)c1cccc(Br)c1. The Hall–Kier alpha value is -0.940. The van der Waals surface area contributed by atoms with E-state index in [0.717, 1.165) is 22.2 Å². The van der Waals surface area contributed by atoms with Crippen molar-refractivity contribution in [2.75, 3.05) is 0 Å². The molecule has 0 aliphatic heterocycles. The summed E-state index contributed by atoms with van der Waals surface area (Å²) in [6, 6.07) is 7.96. The van der Waals surface area contributed by atoms with Gasteiger partial charge in [-0.1, -0.05) is 41.9 Å². The number of thiocarbonyl (C=S) groups is 1. The summed E-state index contributed by atoms with van der Waals surface area (Å²) in [7, 11) is 0. The fourth-order valence-electron chi connectivity index (χ4n) is 1.32. The van der Waals surface area contributed by atoms with Gasteiger partial charge in [0.2, 0.25) is 0 Å². The van der Waals surface area contributed by atoms with Crippen molar-refractivity contribution < 1.29 is 0 Å². The third kappa shape index (κ3) is 4.44. The molecule has 0 bridgehead atoms. The zero-order chi connectivity index (χ0) is 12.8. The molecule has 0 aliphatic carbocycles. The lowest BCUT2D eigenvalue weighted by atomic mass is 9.96. The molecule has 1 aromatic rings. The van der Waals surface area contributed by atoms with Crippen LogP contribution in [0.2, 0.25) is 0 Å². The van der Waals surface area contributed by atoms with E-state index in [1.165, 1.54) is 5.92 Å². The van der Waals surface area contributed by atoms with Gasteiger partial charge >= 0.3 is 0 Å². The summed E-state index contributed by atoms with van der Waals surface area (Å²) >= 11 is 8.20. The highest BCUT2D eigenvalue weighted by Crippen LogP contribution is 2.18. The van der Waals surface area contributed by atoms with Crippen LogP contribution in [-0.4, -0.2) is 10.8 Å². The van der Waals surface area contributed by atoms with Crippen molar-refractivity contribution >= 4 is 39.0 Å². The van der Waals surface area contributed by atoms with E-state index < -0.39 is 0 Å². The van der Waals surface area contributed by atoms with Crippen LogP contribution >= 0.6 is 28.1 Å². The zero-order valence-electron chi connectivity index (χ0n) is 9.83. The zero-order valence-corrected chi connectivity index (χ0v) is 12.2. The van der Waals surface area contributed by atoms with Crippen LogP contribution in [0.1, 0.15) is 25.8 Å². The van der Waals surface area contributed by atoms with Crippen molar-refractivity contribution in [2.24, 2.45) is 10.8 Å². The second kappa shape index (κ2) is 6.71. The van der Waals surface area contributed by atoms with Crippen molar-refractivity contribution in [3.05, 3.63) is 40.2 Å². The lowest BCUT2D eigenvalue weighted by molar-refractivity contribution is 0.969. The summed E-state index contributed by atoms with van der Waals surface area (Å²) in [5, 5.41) is 4.42. The molecule has 0 saturated carbocycles. The maximum absolute atomic E-state index is 5.39. The van der Waals surface area contributed by atoms with Gasteiger partial charge in [-0.05, 0) is 36.3 Å². The largest absolute Gasteiger partial charge is 0.375 e. The van der Waals surface area contributed by atoms with Crippen LogP contribution in [0.5, 0.6) is 0 Å². The number of rotatable bonds is 4. The van der Waals surface area contributed by atoms with E-state index in [0.29, 0.717) is 0 Å². The molecular weight excluding hydrogens is 298 g/mol. The molecule has 3 nitrogen and oxygen atoms in total. The summed E-state index contributed by atoms with van der Waals surface area (Å²) in [5.74, 6) is 1.17. The standard InChI is InChI=1S/C12H15BrN3S/c1-3-8(2)11(15-16-12(14)17)9-5-4-6-10(13)7-9/h4-7H,3H2,1-2H3,(H3,14,16,17). The summed E-state index contributed by atoms with van der Waals surface area (Å²) in [6.45, 7) is 4.13. The molecule has 0 spiro atoms. The van der Waals surface area contributed by atoms with Crippen LogP contribution < -0.4 is 11.2 Å². The number of hydrogen-bond acceptors (Lipinski definition) is 2. The van der Waals surface area contributed by atoms with E-state index >= 15 is 0 Å². The van der Waals surface area contributed by atoms with Crippen molar-refractivity contribution in [1.82, 2.24) is 5.43 Å². The molecule has 1 aromatic carbocycles. The molecule has 0 unspecified atom stereocenters. The summed E-state index contributed by atoms with van der Waals surface area (Å²) in [4.78, 5) is 0. The van der Waals surface area contributed by atoms with E-state index in [9.17, 15) is 0 Å². The molecule has 0 aromatic heterocycles. The first-order valence-corrected chi connectivity index (χ1v) is 6.46. The normalized spacial score (nSPS) is 11.6. The third-order valence-electron chi connectivity index (χ3n) is 2.31. The van der Waals surface area contributed by atoms with E-state index in [-0.39, 0.29) is 5.11 Å². The van der Waals surface area contributed by atoms with Crippen LogP contribution in [0.4, 0.5) is 0 Å². The number of hydrazone groups is 1. The van der Waals surface area contributed by atoms with E-state index in [1.54, 1.807) is 0 Å². The molecule has 17 heavy (non-hydrogen) atoms. The maximum Gasteiger partial charge on any atom is 0.184 e. The smallest absolute Gasteiger partial charge is 0.184 e. The minimum absolute atomic E-state index is 0.168. The predicted octanol–water partition coefficient (Wildman–Crippen LogP) is 2.99. The highest BCUT2D eigenvalue weighted by atomic mass is 79.9. The van der Waals surface area contributed by atoms with Gasteiger partial charge in [-0.3, -0.25) is 5.43 Å². The molecular formula is C12H15BrN3S. The van der Waals surface area contributed by atoms with Crippen LogP contribution in [0.3, 0.4) is 0 Å². The lowest BCUT2D eigenvalue weighted by Crippen LogP contribution is -2.26. The average Bonchev–Trinajstić information content (AvgIpc) is 2.28. The first-order valence-electron chi connectivity index (χ1n) is 5.26. The second-order valence-corrected chi connectivity index (χ2v) is 4.94.